The van der Waals surface area contributed by atoms with Crippen molar-refractivity contribution < 1.29 is 35.7 Å². The molecule has 0 bridgehead atoms. The quantitative estimate of drug-likeness (QED) is 0.370. The molecule has 0 saturated carbocycles. The van der Waals surface area contributed by atoms with Gasteiger partial charge in [-0.05, 0) is 52.2 Å². The highest BCUT2D eigenvalue weighted by Crippen LogP contribution is 2.30. The standard InChI is InChI=1S/C21H36NO3.BrH/c1-4-22(5-2,6-3)15-11-7-8-12-16-23-17-19-18-24-20-13-9-10-14-21(20)25-19;/h9-10,13-14,19H,4-8,11-12,15-18H2,1-3H3;1H/q+1;/p-1. The van der Waals surface area contributed by atoms with Crippen LogP contribution in [0.4, 0.5) is 0 Å². The molecule has 0 amide bonds. The van der Waals surface area contributed by atoms with Crippen molar-refractivity contribution in [1.82, 2.24) is 0 Å². The van der Waals surface area contributed by atoms with Gasteiger partial charge in [-0.3, -0.25) is 0 Å². The summed E-state index contributed by atoms with van der Waals surface area (Å²) in [6.45, 7) is 14.0. The monoisotopic (exact) mass is 429 g/mol. The van der Waals surface area contributed by atoms with Gasteiger partial charge in [0.15, 0.2) is 17.6 Å². The molecular weight excluding hydrogens is 394 g/mol. The summed E-state index contributed by atoms with van der Waals surface area (Å²) in [5, 5.41) is 0. The zero-order chi connectivity index (χ0) is 18.0. The van der Waals surface area contributed by atoms with Gasteiger partial charge in [-0.25, -0.2) is 0 Å². The minimum Gasteiger partial charge on any atom is -1.00 e. The summed E-state index contributed by atoms with van der Waals surface area (Å²) in [6.07, 6.45) is 5.02. The van der Waals surface area contributed by atoms with Crippen LogP contribution in [0, 0.1) is 0 Å². The number of rotatable bonds is 12. The van der Waals surface area contributed by atoms with Gasteiger partial charge >= 0.3 is 0 Å². The van der Waals surface area contributed by atoms with Gasteiger partial charge in [0.05, 0.1) is 32.8 Å². The zero-order valence-electron chi connectivity index (χ0n) is 16.7. The highest BCUT2D eigenvalue weighted by atomic mass is 79.9. The third-order valence-electron chi connectivity index (χ3n) is 5.55. The maximum atomic E-state index is 5.90. The topological polar surface area (TPSA) is 27.7 Å². The first-order valence-electron chi connectivity index (χ1n) is 10.0. The molecule has 0 radical (unpaired) electrons. The number of hydrogen-bond acceptors (Lipinski definition) is 3. The van der Waals surface area contributed by atoms with E-state index in [1.54, 1.807) is 0 Å². The summed E-state index contributed by atoms with van der Waals surface area (Å²) < 4.78 is 18.7. The molecule has 1 aliphatic rings. The Kier molecular flexibility index (Phi) is 11.3. The van der Waals surface area contributed by atoms with E-state index < -0.39 is 0 Å². The lowest BCUT2D eigenvalue weighted by Gasteiger charge is -2.35. The fraction of sp³-hybridized carbons (Fsp3) is 0.714. The Morgan fingerprint density at radius 2 is 1.62 bits per heavy atom. The van der Waals surface area contributed by atoms with Gasteiger partial charge in [0, 0.05) is 6.61 Å². The maximum Gasteiger partial charge on any atom is 0.161 e. The molecule has 0 aromatic heterocycles. The van der Waals surface area contributed by atoms with Crippen LogP contribution in [0.3, 0.4) is 0 Å². The van der Waals surface area contributed by atoms with Gasteiger partial charge in [-0.1, -0.05) is 18.6 Å². The number of ether oxygens (including phenoxy) is 3. The lowest BCUT2D eigenvalue weighted by molar-refractivity contribution is -0.923. The Balaban J connectivity index is 0.00000338. The molecule has 1 heterocycles. The van der Waals surface area contributed by atoms with E-state index in [1.165, 1.54) is 49.9 Å². The number of unbranched alkanes of at least 4 members (excludes halogenated alkanes) is 3. The van der Waals surface area contributed by atoms with E-state index in [2.05, 4.69) is 20.8 Å². The van der Waals surface area contributed by atoms with E-state index in [0.29, 0.717) is 13.2 Å². The first-order valence-corrected chi connectivity index (χ1v) is 10.0. The van der Waals surface area contributed by atoms with Crippen molar-refractivity contribution in [3.8, 4) is 11.5 Å². The Bertz CT molecular complexity index is 486. The number of para-hydroxylation sites is 2. The second kappa shape index (κ2) is 12.6. The van der Waals surface area contributed by atoms with Crippen molar-refractivity contribution >= 4 is 0 Å². The number of fused-ring (bicyclic) bond motifs is 1. The molecule has 26 heavy (non-hydrogen) atoms. The van der Waals surface area contributed by atoms with Gasteiger partial charge in [0.1, 0.15) is 6.61 Å². The van der Waals surface area contributed by atoms with Crippen LogP contribution in [0.1, 0.15) is 46.5 Å². The number of benzene rings is 1. The van der Waals surface area contributed by atoms with E-state index in [1.807, 2.05) is 24.3 Å². The van der Waals surface area contributed by atoms with Crippen molar-refractivity contribution in [2.24, 2.45) is 0 Å². The zero-order valence-corrected chi connectivity index (χ0v) is 18.3. The van der Waals surface area contributed by atoms with E-state index in [4.69, 9.17) is 14.2 Å². The normalized spacial score (nSPS) is 16.2. The van der Waals surface area contributed by atoms with Crippen LogP contribution >= 0.6 is 0 Å². The Morgan fingerprint density at radius 1 is 0.962 bits per heavy atom. The van der Waals surface area contributed by atoms with Crippen LogP contribution in [0.2, 0.25) is 0 Å². The molecule has 0 N–H and O–H groups in total. The average Bonchev–Trinajstić information content (AvgIpc) is 2.67. The van der Waals surface area contributed by atoms with Gasteiger partial charge in [-0.15, -0.1) is 0 Å². The number of hydrogen-bond donors (Lipinski definition) is 0. The lowest BCUT2D eigenvalue weighted by Crippen LogP contribution is -3.00. The van der Waals surface area contributed by atoms with E-state index in [0.717, 1.165) is 24.5 Å². The summed E-state index contributed by atoms with van der Waals surface area (Å²) in [7, 11) is 0. The molecule has 0 spiro atoms. The molecule has 1 aromatic carbocycles. The summed E-state index contributed by atoms with van der Waals surface area (Å²) in [5.74, 6) is 1.66. The molecule has 4 nitrogen and oxygen atoms in total. The smallest absolute Gasteiger partial charge is 0.161 e. The molecule has 0 fully saturated rings. The first-order chi connectivity index (χ1) is 12.2. The van der Waals surface area contributed by atoms with E-state index >= 15 is 0 Å². The SMILES string of the molecule is CC[N+](CC)(CC)CCCCCCOCC1COc2ccccc2O1.[Br-]. The minimum absolute atomic E-state index is 0. The Labute approximate surface area is 170 Å². The molecular formula is C21H36BrNO3. The molecule has 150 valence electrons. The van der Waals surface area contributed by atoms with Crippen LogP contribution in [0.15, 0.2) is 24.3 Å². The molecule has 0 aliphatic carbocycles. The van der Waals surface area contributed by atoms with Crippen LogP contribution in [-0.4, -0.2) is 56.6 Å². The van der Waals surface area contributed by atoms with Crippen molar-refractivity contribution in [1.29, 1.82) is 0 Å². The van der Waals surface area contributed by atoms with Gasteiger partial charge in [0.25, 0.3) is 0 Å². The molecule has 1 aliphatic heterocycles. The van der Waals surface area contributed by atoms with Gasteiger partial charge in [-0.2, -0.15) is 0 Å². The van der Waals surface area contributed by atoms with Crippen molar-refractivity contribution in [3.05, 3.63) is 24.3 Å². The predicted octanol–water partition coefficient (Wildman–Crippen LogP) is 1.28. The van der Waals surface area contributed by atoms with Crippen molar-refractivity contribution in [2.75, 3.05) is 46.0 Å². The molecule has 1 aromatic rings. The highest BCUT2D eigenvalue weighted by molar-refractivity contribution is 5.40. The van der Waals surface area contributed by atoms with Crippen molar-refractivity contribution in [2.45, 2.75) is 52.6 Å². The fourth-order valence-electron chi connectivity index (χ4n) is 3.51. The van der Waals surface area contributed by atoms with E-state index in [-0.39, 0.29) is 23.1 Å². The molecule has 1 atom stereocenters. The Morgan fingerprint density at radius 3 is 2.31 bits per heavy atom. The van der Waals surface area contributed by atoms with E-state index in [9.17, 15) is 0 Å². The second-order valence-corrected chi connectivity index (χ2v) is 7.00. The van der Waals surface area contributed by atoms with Crippen LogP contribution < -0.4 is 26.5 Å². The average molecular weight is 430 g/mol. The van der Waals surface area contributed by atoms with Crippen LogP contribution in [0.25, 0.3) is 0 Å². The fourth-order valence-corrected chi connectivity index (χ4v) is 3.51. The first kappa shape index (κ1) is 23.3. The Hall–Kier alpha value is -0.780. The number of quaternary nitrogens is 1. The number of halogens is 1. The highest BCUT2D eigenvalue weighted by Gasteiger charge is 2.21. The molecule has 2 rings (SSSR count). The van der Waals surface area contributed by atoms with Crippen LogP contribution in [-0.2, 0) is 4.74 Å². The maximum absolute atomic E-state index is 5.90. The van der Waals surface area contributed by atoms with Crippen molar-refractivity contribution in [3.63, 3.8) is 0 Å². The number of nitrogens with zero attached hydrogens (tertiary/aromatic N) is 1. The summed E-state index contributed by atoms with van der Waals surface area (Å²) in [4.78, 5) is 0. The third kappa shape index (κ3) is 7.09. The lowest BCUT2D eigenvalue weighted by atomic mass is 10.1. The third-order valence-corrected chi connectivity index (χ3v) is 5.55. The molecule has 0 saturated heterocycles. The predicted molar refractivity (Wildman–Crippen MR) is 102 cm³/mol. The second-order valence-electron chi connectivity index (χ2n) is 7.00. The van der Waals surface area contributed by atoms with Gasteiger partial charge in [0.2, 0.25) is 0 Å². The molecule has 1 unspecified atom stereocenters. The largest absolute Gasteiger partial charge is 1.00 e. The minimum atomic E-state index is 0. The summed E-state index contributed by atoms with van der Waals surface area (Å²) >= 11 is 0. The van der Waals surface area contributed by atoms with Crippen LogP contribution in [0.5, 0.6) is 11.5 Å². The molecule has 5 heteroatoms. The summed E-state index contributed by atoms with van der Waals surface area (Å²) in [5.41, 5.74) is 0. The summed E-state index contributed by atoms with van der Waals surface area (Å²) in [6, 6.07) is 7.82. The van der Waals surface area contributed by atoms with Gasteiger partial charge < -0.3 is 35.7 Å².